The third-order valence-electron chi connectivity index (χ3n) is 3.09. The highest BCUT2D eigenvalue weighted by Gasteiger charge is 2.13. The van der Waals surface area contributed by atoms with E-state index in [0.717, 1.165) is 37.3 Å². The number of halogens is 2. The molecule has 1 amide bonds. The SMILES string of the molecule is CCCn1c(CC)nnc1SCC(=O)Nc1ccc(F)cc1F. The average molecular weight is 340 g/mol. The molecule has 1 aromatic heterocycles. The Bertz CT molecular complexity index is 690. The van der Waals surface area contributed by atoms with Crippen LogP contribution in [0.4, 0.5) is 14.5 Å². The van der Waals surface area contributed by atoms with E-state index in [0.29, 0.717) is 5.16 Å². The van der Waals surface area contributed by atoms with Crippen LogP contribution in [0.3, 0.4) is 0 Å². The maximum Gasteiger partial charge on any atom is 0.234 e. The van der Waals surface area contributed by atoms with Crippen LogP contribution in [0.2, 0.25) is 0 Å². The van der Waals surface area contributed by atoms with Crippen molar-refractivity contribution in [3.63, 3.8) is 0 Å². The van der Waals surface area contributed by atoms with Crippen LogP contribution in [0, 0.1) is 11.6 Å². The largest absolute Gasteiger partial charge is 0.323 e. The summed E-state index contributed by atoms with van der Waals surface area (Å²) in [5, 5.41) is 11.3. The Morgan fingerprint density at radius 3 is 2.74 bits per heavy atom. The monoisotopic (exact) mass is 340 g/mol. The molecule has 0 spiro atoms. The third kappa shape index (κ3) is 4.51. The first-order valence-corrected chi connectivity index (χ1v) is 8.33. The molecule has 23 heavy (non-hydrogen) atoms. The van der Waals surface area contributed by atoms with Crippen LogP contribution in [0.5, 0.6) is 0 Å². The summed E-state index contributed by atoms with van der Waals surface area (Å²) in [5.74, 6) is -0.924. The summed E-state index contributed by atoms with van der Waals surface area (Å²) in [6.07, 6.45) is 1.70. The Kier molecular flexibility index (Phi) is 6.09. The number of aryl methyl sites for hydroxylation is 1. The number of hydrogen-bond acceptors (Lipinski definition) is 4. The van der Waals surface area contributed by atoms with Gasteiger partial charge < -0.3 is 9.88 Å². The van der Waals surface area contributed by atoms with E-state index >= 15 is 0 Å². The van der Waals surface area contributed by atoms with E-state index in [-0.39, 0.29) is 17.3 Å². The molecule has 5 nitrogen and oxygen atoms in total. The topological polar surface area (TPSA) is 59.8 Å². The van der Waals surface area contributed by atoms with Gasteiger partial charge in [-0.3, -0.25) is 4.79 Å². The highest BCUT2D eigenvalue weighted by Crippen LogP contribution is 2.19. The van der Waals surface area contributed by atoms with Gasteiger partial charge in [-0.05, 0) is 18.6 Å². The summed E-state index contributed by atoms with van der Waals surface area (Å²) in [7, 11) is 0. The highest BCUT2D eigenvalue weighted by molar-refractivity contribution is 7.99. The minimum absolute atomic E-state index is 0.0405. The van der Waals surface area contributed by atoms with Crippen LogP contribution < -0.4 is 5.32 Å². The standard InChI is InChI=1S/C15H18F2N4OS/c1-3-7-21-13(4-2)19-20-15(21)23-9-14(22)18-12-6-5-10(16)8-11(12)17/h5-6,8H,3-4,7,9H2,1-2H3,(H,18,22). The number of carbonyl (C=O) groups is 1. The zero-order valence-corrected chi connectivity index (χ0v) is 13.8. The Morgan fingerprint density at radius 2 is 2.09 bits per heavy atom. The second-order valence-corrected chi connectivity index (χ2v) is 5.81. The van der Waals surface area contributed by atoms with E-state index in [1.807, 2.05) is 11.5 Å². The van der Waals surface area contributed by atoms with Crippen LogP contribution in [-0.2, 0) is 17.8 Å². The summed E-state index contributed by atoms with van der Waals surface area (Å²) in [4.78, 5) is 11.9. The fourth-order valence-electron chi connectivity index (χ4n) is 2.04. The Hall–Kier alpha value is -1.96. The van der Waals surface area contributed by atoms with Crippen LogP contribution in [0.1, 0.15) is 26.1 Å². The van der Waals surface area contributed by atoms with E-state index in [4.69, 9.17) is 0 Å². The number of thioether (sulfide) groups is 1. The van der Waals surface area contributed by atoms with Crippen molar-refractivity contribution < 1.29 is 13.6 Å². The molecular formula is C15H18F2N4OS. The lowest BCUT2D eigenvalue weighted by atomic mass is 10.3. The van der Waals surface area contributed by atoms with Gasteiger partial charge in [0.25, 0.3) is 0 Å². The van der Waals surface area contributed by atoms with Crippen molar-refractivity contribution >= 4 is 23.4 Å². The zero-order chi connectivity index (χ0) is 16.8. The van der Waals surface area contributed by atoms with Gasteiger partial charge in [0.1, 0.15) is 17.5 Å². The van der Waals surface area contributed by atoms with Crippen LogP contribution in [0.15, 0.2) is 23.4 Å². The highest BCUT2D eigenvalue weighted by atomic mass is 32.2. The molecule has 0 fully saturated rings. The van der Waals surface area contributed by atoms with Gasteiger partial charge in [0.2, 0.25) is 5.91 Å². The number of hydrogen-bond donors (Lipinski definition) is 1. The minimum atomic E-state index is -0.800. The molecule has 8 heteroatoms. The molecule has 1 N–H and O–H groups in total. The van der Waals surface area contributed by atoms with E-state index < -0.39 is 11.6 Å². The van der Waals surface area contributed by atoms with E-state index in [1.54, 1.807) is 0 Å². The number of aromatic nitrogens is 3. The lowest BCUT2D eigenvalue weighted by molar-refractivity contribution is -0.113. The number of anilines is 1. The minimum Gasteiger partial charge on any atom is -0.323 e. The molecule has 1 aromatic carbocycles. The van der Waals surface area contributed by atoms with E-state index in [1.165, 1.54) is 17.8 Å². The van der Waals surface area contributed by atoms with Gasteiger partial charge in [-0.1, -0.05) is 25.6 Å². The van der Waals surface area contributed by atoms with Gasteiger partial charge in [-0.15, -0.1) is 10.2 Å². The molecule has 0 saturated carbocycles. The zero-order valence-electron chi connectivity index (χ0n) is 13.0. The van der Waals surface area contributed by atoms with Gasteiger partial charge >= 0.3 is 0 Å². The van der Waals surface area contributed by atoms with Gasteiger partial charge in [0.05, 0.1) is 11.4 Å². The lowest BCUT2D eigenvalue weighted by Gasteiger charge is -2.08. The maximum atomic E-state index is 13.5. The summed E-state index contributed by atoms with van der Waals surface area (Å²) in [5.41, 5.74) is -0.0405. The van der Waals surface area contributed by atoms with Gasteiger partial charge in [0, 0.05) is 19.0 Å². The first-order valence-electron chi connectivity index (χ1n) is 7.34. The molecule has 1 heterocycles. The van der Waals surface area contributed by atoms with Gasteiger partial charge in [0.15, 0.2) is 5.16 Å². The molecule has 0 aliphatic heterocycles. The molecule has 0 saturated heterocycles. The average Bonchev–Trinajstić information content (AvgIpc) is 2.90. The summed E-state index contributed by atoms with van der Waals surface area (Å²) in [6, 6.07) is 3.02. The molecule has 0 aliphatic rings. The molecule has 0 radical (unpaired) electrons. The fraction of sp³-hybridized carbons (Fsp3) is 0.400. The third-order valence-corrected chi connectivity index (χ3v) is 4.06. The van der Waals surface area contributed by atoms with Gasteiger partial charge in [-0.2, -0.15) is 0 Å². The van der Waals surface area contributed by atoms with Gasteiger partial charge in [-0.25, -0.2) is 8.78 Å². The number of nitrogens with one attached hydrogen (secondary N) is 1. The Morgan fingerprint density at radius 1 is 1.30 bits per heavy atom. The molecule has 0 bridgehead atoms. The molecule has 124 valence electrons. The van der Waals surface area contributed by atoms with Crippen molar-refractivity contribution in [3.05, 3.63) is 35.7 Å². The predicted octanol–water partition coefficient (Wildman–Crippen LogP) is 3.26. The molecule has 0 atom stereocenters. The second kappa shape index (κ2) is 8.05. The summed E-state index contributed by atoms with van der Waals surface area (Å²) >= 11 is 1.24. The molecule has 0 unspecified atom stereocenters. The van der Waals surface area contributed by atoms with Crippen LogP contribution in [-0.4, -0.2) is 26.4 Å². The second-order valence-electron chi connectivity index (χ2n) is 4.87. The number of nitrogens with zero attached hydrogens (tertiary/aromatic N) is 3. The van der Waals surface area contributed by atoms with Crippen molar-refractivity contribution in [1.29, 1.82) is 0 Å². The Labute approximate surface area is 137 Å². The number of benzene rings is 1. The van der Waals surface area contributed by atoms with Crippen molar-refractivity contribution in [2.75, 3.05) is 11.1 Å². The van der Waals surface area contributed by atoms with Crippen molar-refractivity contribution in [2.24, 2.45) is 0 Å². The van der Waals surface area contributed by atoms with Crippen molar-refractivity contribution in [3.8, 4) is 0 Å². The maximum absolute atomic E-state index is 13.5. The quantitative estimate of drug-likeness (QED) is 0.786. The van der Waals surface area contributed by atoms with Crippen LogP contribution in [0.25, 0.3) is 0 Å². The van der Waals surface area contributed by atoms with Crippen LogP contribution >= 0.6 is 11.8 Å². The normalized spacial score (nSPS) is 10.8. The first-order chi connectivity index (χ1) is 11.0. The first kappa shape index (κ1) is 17.4. The number of rotatable bonds is 7. The number of carbonyl (C=O) groups excluding carboxylic acids is 1. The molecule has 2 rings (SSSR count). The lowest BCUT2D eigenvalue weighted by Crippen LogP contribution is -2.16. The van der Waals surface area contributed by atoms with E-state index in [2.05, 4.69) is 22.4 Å². The summed E-state index contributed by atoms with van der Waals surface area (Å²) in [6.45, 7) is 4.83. The predicted molar refractivity (Wildman–Crippen MR) is 85.4 cm³/mol. The van der Waals surface area contributed by atoms with Crippen molar-refractivity contribution in [1.82, 2.24) is 14.8 Å². The van der Waals surface area contributed by atoms with Crippen molar-refractivity contribution in [2.45, 2.75) is 38.4 Å². The van der Waals surface area contributed by atoms with E-state index in [9.17, 15) is 13.6 Å². The number of amides is 1. The summed E-state index contributed by atoms with van der Waals surface area (Å²) < 4.78 is 28.3. The molecule has 2 aromatic rings. The Balaban J connectivity index is 1.98. The molecule has 0 aliphatic carbocycles. The fourth-order valence-corrected chi connectivity index (χ4v) is 2.83. The molecular weight excluding hydrogens is 322 g/mol. The smallest absolute Gasteiger partial charge is 0.234 e.